The molecule has 1 fully saturated rings. The number of hydrazine groups is 1. The quantitative estimate of drug-likeness (QED) is 0.675. The van der Waals surface area contributed by atoms with Gasteiger partial charge in [0.1, 0.15) is 5.25 Å². The standard InChI is InChI=1S/C16H26N4O3S/c1-11-6-5-7-14(8-11)9-17-15(21)10-20(4)24(22,23)16-12(2)18-19-13(16)3/h5-8,12-13,16,18-19H,9-10H2,1-4H3,(H,17,21). The van der Waals surface area contributed by atoms with Crippen LogP contribution in [0.25, 0.3) is 0 Å². The van der Waals surface area contributed by atoms with Crippen LogP contribution in [0.1, 0.15) is 25.0 Å². The number of carbonyl (C=O) groups is 1. The molecule has 1 heterocycles. The molecule has 3 N–H and O–H groups in total. The molecule has 1 aliphatic rings. The lowest BCUT2D eigenvalue weighted by molar-refractivity contribution is -0.121. The van der Waals surface area contributed by atoms with Crippen LogP contribution >= 0.6 is 0 Å². The predicted octanol–water partition coefficient (Wildman–Crippen LogP) is 0.126. The second-order valence-electron chi connectivity index (χ2n) is 6.40. The highest BCUT2D eigenvalue weighted by Crippen LogP contribution is 2.18. The molecule has 0 aromatic heterocycles. The third-order valence-electron chi connectivity index (χ3n) is 4.24. The summed E-state index contributed by atoms with van der Waals surface area (Å²) in [5, 5.41) is 2.16. The molecule has 0 bridgehead atoms. The van der Waals surface area contributed by atoms with Crippen molar-refractivity contribution in [2.45, 2.75) is 44.6 Å². The van der Waals surface area contributed by atoms with Gasteiger partial charge in [-0.1, -0.05) is 29.8 Å². The van der Waals surface area contributed by atoms with Crippen LogP contribution in [-0.4, -0.2) is 49.6 Å². The van der Waals surface area contributed by atoms with E-state index in [1.165, 1.54) is 7.05 Å². The van der Waals surface area contributed by atoms with Gasteiger partial charge < -0.3 is 5.32 Å². The second-order valence-corrected chi connectivity index (χ2v) is 8.60. The van der Waals surface area contributed by atoms with Crippen LogP contribution in [0, 0.1) is 6.92 Å². The minimum atomic E-state index is -3.57. The Hall–Kier alpha value is -1.48. The van der Waals surface area contributed by atoms with E-state index in [2.05, 4.69) is 16.2 Å². The molecule has 0 aliphatic carbocycles. The number of hydrogen-bond acceptors (Lipinski definition) is 5. The van der Waals surface area contributed by atoms with Crippen molar-refractivity contribution in [1.29, 1.82) is 0 Å². The van der Waals surface area contributed by atoms with E-state index in [0.717, 1.165) is 15.4 Å². The zero-order valence-corrected chi connectivity index (χ0v) is 15.4. The molecule has 2 unspecified atom stereocenters. The second kappa shape index (κ2) is 7.60. The smallest absolute Gasteiger partial charge is 0.235 e. The molecule has 0 spiro atoms. The molecule has 8 heteroatoms. The van der Waals surface area contributed by atoms with E-state index in [9.17, 15) is 13.2 Å². The molecule has 0 saturated carbocycles. The van der Waals surface area contributed by atoms with Crippen molar-refractivity contribution in [1.82, 2.24) is 20.5 Å². The van der Waals surface area contributed by atoms with Gasteiger partial charge in [0.15, 0.2) is 0 Å². The van der Waals surface area contributed by atoms with Gasteiger partial charge in [-0.25, -0.2) is 8.42 Å². The molecule has 0 radical (unpaired) electrons. The van der Waals surface area contributed by atoms with Crippen LogP contribution in [0.3, 0.4) is 0 Å². The Morgan fingerprint density at radius 2 is 1.88 bits per heavy atom. The van der Waals surface area contributed by atoms with Crippen molar-refractivity contribution in [2.24, 2.45) is 0 Å². The third kappa shape index (κ3) is 4.32. The molecule has 2 rings (SSSR count). The predicted molar refractivity (Wildman–Crippen MR) is 93.6 cm³/mol. The first-order chi connectivity index (χ1) is 11.2. The van der Waals surface area contributed by atoms with Crippen molar-refractivity contribution in [3.8, 4) is 0 Å². The fourth-order valence-corrected chi connectivity index (χ4v) is 4.84. The average Bonchev–Trinajstić information content (AvgIpc) is 2.84. The molecular weight excluding hydrogens is 328 g/mol. The van der Waals surface area contributed by atoms with E-state index in [1.807, 2.05) is 45.0 Å². The Morgan fingerprint density at radius 3 is 2.46 bits per heavy atom. The molecule has 134 valence electrons. The molecule has 24 heavy (non-hydrogen) atoms. The first kappa shape index (κ1) is 18.9. The van der Waals surface area contributed by atoms with Gasteiger partial charge in [0.05, 0.1) is 6.54 Å². The topological polar surface area (TPSA) is 90.5 Å². The maximum atomic E-state index is 12.7. The van der Waals surface area contributed by atoms with E-state index in [-0.39, 0.29) is 24.5 Å². The van der Waals surface area contributed by atoms with Gasteiger partial charge in [-0.05, 0) is 26.3 Å². The summed E-state index contributed by atoms with van der Waals surface area (Å²) >= 11 is 0. The van der Waals surface area contributed by atoms with Crippen LogP contribution in [0.15, 0.2) is 24.3 Å². The van der Waals surface area contributed by atoms with Crippen LogP contribution in [0.2, 0.25) is 0 Å². The Bertz CT molecular complexity index is 682. The van der Waals surface area contributed by atoms with E-state index >= 15 is 0 Å². The van der Waals surface area contributed by atoms with Crippen molar-refractivity contribution >= 4 is 15.9 Å². The summed E-state index contributed by atoms with van der Waals surface area (Å²) in [6.07, 6.45) is 0. The molecule has 1 amide bonds. The SMILES string of the molecule is Cc1cccc(CNC(=O)CN(C)S(=O)(=O)C2C(C)NNC2C)c1. The minimum absolute atomic E-state index is 0.190. The monoisotopic (exact) mass is 354 g/mol. The van der Waals surface area contributed by atoms with Gasteiger partial charge in [-0.2, -0.15) is 4.31 Å². The highest BCUT2D eigenvalue weighted by atomic mass is 32.2. The van der Waals surface area contributed by atoms with Gasteiger partial charge in [0, 0.05) is 25.7 Å². The number of nitrogens with zero attached hydrogens (tertiary/aromatic N) is 1. The summed E-state index contributed by atoms with van der Waals surface area (Å²) in [6, 6.07) is 7.38. The lowest BCUT2D eigenvalue weighted by Gasteiger charge is -2.25. The largest absolute Gasteiger partial charge is 0.351 e. The highest BCUT2D eigenvalue weighted by molar-refractivity contribution is 7.89. The summed E-state index contributed by atoms with van der Waals surface area (Å²) < 4.78 is 26.5. The molecule has 1 saturated heterocycles. The number of aryl methyl sites for hydroxylation is 1. The van der Waals surface area contributed by atoms with Crippen molar-refractivity contribution in [2.75, 3.05) is 13.6 Å². The highest BCUT2D eigenvalue weighted by Gasteiger charge is 2.42. The minimum Gasteiger partial charge on any atom is -0.351 e. The zero-order chi connectivity index (χ0) is 17.9. The maximum Gasteiger partial charge on any atom is 0.235 e. The molecular formula is C16H26N4O3S. The van der Waals surface area contributed by atoms with Gasteiger partial charge >= 0.3 is 0 Å². The third-order valence-corrected chi connectivity index (χ3v) is 6.74. The fraction of sp³-hybridized carbons (Fsp3) is 0.562. The molecule has 1 aliphatic heterocycles. The lowest BCUT2D eigenvalue weighted by Crippen LogP contribution is -2.48. The number of nitrogens with one attached hydrogen (secondary N) is 3. The summed E-state index contributed by atoms with van der Waals surface area (Å²) in [5.74, 6) is -0.318. The number of likely N-dealkylation sites (N-methyl/N-ethyl adjacent to an activating group) is 1. The number of rotatable bonds is 6. The Kier molecular flexibility index (Phi) is 5.97. The van der Waals surface area contributed by atoms with Crippen LogP contribution in [0.4, 0.5) is 0 Å². The van der Waals surface area contributed by atoms with E-state index in [1.54, 1.807) is 0 Å². The number of benzene rings is 1. The number of sulfonamides is 1. The Balaban J connectivity index is 1.93. The number of carbonyl (C=O) groups excluding carboxylic acids is 1. The van der Waals surface area contributed by atoms with Gasteiger partial charge in [0.2, 0.25) is 15.9 Å². The summed E-state index contributed by atoms with van der Waals surface area (Å²) in [6.45, 7) is 5.80. The first-order valence-corrected chi connectivity index (χ1v) is 9.50. The van der Waals surface area contributed by atoms with Gasteiger partial charge in [-0.3, -0.25) is 15.6 Å². The Labute approximate surface area is 143 Å². The van der Waals surface area contributed by atoms with Gasteiger partial charge in [-0.15, -0.1) is 0 Å². The first-order valence-electron chi connectivity index (χ1n) is 8.00. The van der Waals surface area contributed by atoms with E-state index < -0.39 is 15.3 Å². The fourth-order valence-electron chi connectivity index (χ4n) is 2.95. The van der Waals surface area contributed by atoms with Crippen molar-refractivity contribution in [3.05, 3.63) is 35.4 Å². The maximum absolute atomic E-state index is 12.7. The van der Waals surface area contributed by atoms with Crippen LogP contribution < -0.4 is 16.2 Å². The van der Waals surface area contributed by atoms with Crippen LogP contribution in [0.5, 0.6) is 0 Å². The summed E-state index contributed by atoms with van der Waals surface area (Å²) in [7, 11) is -2.13. The summed E-state index contributed by atoms with van der Waals surface area (Å²) in [5.41, 5.74) is 7.96. The van der Waals surface area contributed by atoms with E-state index in [4.69, 9.17) is 0 Å². The number of amides is 1. The average molecular weight is 354 g/mol. The normalized spacial score (nSPS) is 24.3. The van der Waals surface area contributed by atoms with Crippen molar-refractivity contribution in [3.63, 3.8) is 0 Å². The molecule has 1 aromatic carbocycles. The summed E-state index contributed by atoms with van der Waals surface area (Å²) in [4.78, 5) is 12.1. The molecule has 7 nitrogen and oxygen atoms in total. The molecule has 2 atom stereocenters. The number of hydrogen-bond donors (Lipinski definition) is 3. The van der Waals surface area contributed by atoms with Crippen molar-refractivity contribution < 1.29 is 13.2 Å². The lowest BCUT2D eigenvalue weighted by atomic mass is 10.1. The zero-order valence-electron chi connectivity index (χ0n) is 14.5. The van der Waals surface area contributed by atoms with E-state index in [0.29, 0.717) is 6.54 Å². The van der Waals surface area contributed by atoms with Gasteiger partial charge in [0.25, 0.3) is 0 Å². The van der Waals surface area contributed by atoms with Crippen LogP contribution in [-0.2, 0) is 21.4 Å². The molecule has 1 aromatic rings. The Morgan fingerprint density at radius 1 is 1.25 bits per heavy atom.